The van der Waals surface area contributed by atoms with Gasteiger partial charge in [0.05, 0.1) is 5.69 Å². The normalized spacial score (nSPS) is 12.0. The Bertz CT molecular complexity index is 994. The smallest absolute Gasteiger partial charge is 0.247 e. The molecule has 0 aliphatic rings. The SMILES string of the molecule is Cc1cc([C@H](CC(=O)c2ccc(=O)[nH]c2)c2ncccc2F)ccc1F. The molecule has 6 heteroatoms. The molecule has 26 heavy (non-hydrogen) atoms. The van der Waals surface area contributed by atoms with E-state index in [4.69, 9.17) is 0 Å². The maximum atomic E-state index is 14.3. The van der Waals surface area contributed by atoms with Crippen LogP contribution in [0.25, 0.3) is 0 Å². The zero-order valence-electron chi connectivity index (χ0n) is 14.0. The number of nitrogens with zero attached hydrogens (tertiary/aromatic N) is 1. The molecule has 4 nitrogen and oxygen atoms in total. The number of hydrogen-bond acceptors (Lipinski definition) is 3. The zero-order chi connectivity index (χ0) is 18.7. The Labute approximate surface area is 148 Å². The van der Waals surface area contributed by atoms with Crippen molar-refractivity contribution >= 4 is 5.78 Å². The van der Waals surface area contributed by atoms with Crippen molar-refractivity contribution in [1.29, 1.82) is 0 Å². The van der Waals surface area contributed by atoms with Crippen LogP contribution in [-0.4, -0.2) is 15.8 Å². The van der Waals surface area contributed by atoms with E-state index in [9.17, 15) is 18.4 Å². The van der Waals surface area contributed by atoms with E-state index in [-0.39, 0.29) is 29.3 Å². The summed E-state index contributed by atoms with van der Waals surface area (Å²) in [5, 5.41) is 0. The van der Waals surface area contributed by atoms with Crippen LogP contribution in [0.2, 0.25) is 0 Å². The molecule has 1 N–H and O–H groups in total. The van der Waals surface area contributed by atoms with Crippen LogP contribution in [0, 0.1) is 18.6 Å². The Morgan fingerprint density at radius 3 is 2.62 bits per heavy atom. The van der Waals surface area contributed by atoms with E-state index in [0.29, 0.717) is 16.7 Å². The summed E-state index contributed by atoms with van der Waals surface area (Å²) in [6.07, 6.45) is 2.71. The van der Waals surface area contributed by atoms with Crippen LogP contribution in [0.4, 0.5) is 8.78 Å². The number of carbonyl (C=O) groups is 1. The van der Waals surface area contributed by atoms with Crippen LogP contribution in [0.3, 0.4) is 0 Å². The van der Waals surface area contributed by atoms with Gasteiger partial charge in [0.2, 0.25) is 5.56 Å². The molecule has 2 aromatic heterocycles. The summed E-state index contributed by atoms with van der Waals surface area (Å²) >= 11 is 0. The van der Waals surface area contributed by atoms with E-state index in [1.54, 1.807) is 13.0 Å². The summed E-state index contributed by atoms with van der Waals surface area (Å²) in [7, 11) is 0. The van der Waals surface area contributed by atoms with E-state index in [1.165, 1.54) is 48.8 Å². The number of pyridine rings is 2. The highest BCUT2D eigenvalue weighted by molar-refractivity contribution is 5.96. The van der Waals surface area contributed by atoms with E-state index in [1.807, 2.05) is 0 Å². The number of nitrogens with one attached hydrogen (secondary N) is 1. The lowest BCUT2D eigenvalue weighted by molar-refractivity contribution is 0.0976. The predicted molar refractivity (Wildman–Crippen MR) is 93.2 cm³/mol. The van der Waals surface area contributed by atoms with Crippen LogP contribution >= 0.6 is 0 Å². The number of rotatable bonds is 5. The van der Waals surface area contributed by atoms with Gasteiger partial charge in [0.15, 0.2) is 5.78 Å². The Morgan fingerprint density at radius 2 is 1.96 bits per heavy atom. The van der Waals surface area contributed by atoms with Gasteiger partial charge < -0.3 is 4.98 Å². The fourth-order valence-electron chi connectivity index (χ4n) is 2.80. The topological polar surface area (TPSA) is 62.8 Å². The lowest BCUT2D eigenvalue weighted by Gasteiger charge is -2.18. The van der Waals surface area contributed by atoms with Crippen molar-refractivity contribution in [2.24, 2.45) is 0 Å². The predicted octanol–water partition coefficient (Wildman–Crippen LogP) is 3.76. The van der Waals surface area contributed by atoms with Gasteiger partial charge in [-0.25, -0.2) is 8.78 Å². The number of Topliss-reactive ketones (excluding diaryl/α,β-unsaturated/α-hetero) is 1. The molecule has 3 rings (SSSR count). The molecule has 0 saturated carbocycles. The van der Waals surface area contributed by atoms with Gasteiger partial charge in [0.25, 0.3) is 0 Å². The van der Waals surface area contributed by atoms with E-state index < -0.39 is 11.7 Å². The van der Waals surface area contributed by atoms with Gasteiger partial charge in [-0.2, -0.15) is 0 Å². The maximum absolute atomic E-state index is 14.3. The highest BCUT2D eigenvalue weighted by atomic mass is 19.1. The molecular weight excluding hydrogens is 338 g/mol. The number of ketones is 1. The average Bonchev–Trinajstić information content (AvgIpc) is 2.63. The second-order valence-electron chi connectivity index (χ2n) is 6.00. The number of carbonyl (C=O) groups excluding carboxylic acids is 1. The van der Waals surface area contributed by atoms with Crippen LogP contribution in [-0.2, 0) is 0 Å². The van der Waals surface area contributed by atoms with Gasteiger partial charge >= 0.3 is 0 Å². The highest BCUT2D eigenvalue weighted by Crippen LogP contribution is 2.30. The molecule has 132 valence electrons. The van der Waals surface area contributed by atoms with Gasteiger partial charge in [-0.15, -0.1) is 0 Å². The van der Waals surface area contributed by atoms with Crippen molar-refractivity contribution < 1.29 is 13.6 Å². The largest absolute Gasteiger partial charge is 0.328 e. The highest BCUT2D eigenvalue weighted by Gasteiger charge is 2.24. The third kappa shape index (κ3) is 3.74. The number of hydrogen-bond donors (Lipinski definition) is 1. The van der Waals surface area contributed by atoms with E-state index >= 15 is 0 Å². The number of halogens is 2. The van der Waals surface area contributed by atoms with Crippen molar-refractivity contribution in [3.63, 3.8) is 0 Å². The molecule has 0 aliphatic heterocycles. The standard InChI is InChI=1S/C20H16F2N2O2/c1-12-9-13(4-6-16(12)21)15(20-17(22)3-2-8-23-20)10-18(25)14-5-7-19(26)24-11-14/h2-9,11,15H,10H2,1H3,(H,24,26)/t15-/m0/s1. The summed E-state index contributed by atoms with van der Waals surface area (Å²) in [5.41, 5.74) is 1.11. The summed E-state index contributed by atoms with van der Waals surface area (Å²) in [4.78, 5) is 30.3. The zero-order valence-corrected chi connectivity index (χ0v) is 14.0. The molecule has 0 spiro atoms. The molecule has 0 aliphatic carbocycles. The minimum Gasteiger partial charge on any atom is -0.328 e. The summed E-state index contributed by atoms with van der Waals surface area (Å²) in [6.45, 7) is 1.61. The number of benzene rings is 1. The number of aromatic amines is 1. The van der Waals surface area contributed by atoms with Gasteiger partial charge in [-0.05, 0) is 42.3 Å². The quantitative estimate of drug-likeness (QED) is 0.710. The lowest BCUT2D eigenvalue weighted by atomic mass is 9.88. The Morgan fingerprint density at radius 1 is 1.15 bits per heavy atom. The molecular formula is C20H16F2N2O2. The number of aryl methyl sites for hydroxylation is 1. The van der Waals surface area contributed by atoms with Crippen molar-refractivity contribution in [1.82, 2.24) is 9.97 Å². The fraction of sp³-hybridized carbons (Fsp3) is 0.150. The number of aromatic nitrogens is 2. The molecule has 0 amide bonds. The van der Waals surface area contributed by atoms with Crippen LogP contribution in [0.15, 0.2) is 59.7 Å². The second kappa shape index (κ2) is 7.39. The third-order valence-corrected chi connectivity index (χ3v) is 4.20. The minimum absolute atomic E-state index is 0.0644. The third-order valence-electron chi connectivity index (χ3n) is 4.20. The first kappa shape index (κ1) is 17.7. The molecule has 0 radical (unpaired) electrons. The first-order chi connectivity index (χ1) is 12.5. The second-order valence-corrected chi connectivity index (χ2v) is 6.00. The number of H-pyrrole nitrogens is 1. The Hall–Kier alpha value is -3.15. The molecule has 0 fully saturated rings. The van der Waals surface area contributed by atoms with Gasteiger partial charge in [0, 0.05) is 36.4 Å². The van der Waals surface area contributed by atoms with E-state index in [2.05, 4.69) is 9.97 Å². The van der Waals surface area contributed by atoms with Gasteiger partial charge in [-0.1, -0.05) is 12.1 Å². The molecule has 1 aromatic carbocycles. The van der Waals surface area contributed by atoms with Crippen molar-refractivity contribution in [2.45, 2.75) is 19.3 Å². The molecule has 1 atom stereocenters. The van der Waals surface area contributed by atoms with Crippen molar-refractivity contribution in [3.8, 4) is 0 Å². The summed E-state index contributed by atoms with van der Waals surface area (Å²) in [5.74, 6) is -1.86. The molecule has 0 unspecified atom stereocenters. The average molecular weight is 354 g/mol. The van der Waals surface area contributed by atoms with Crippen LogP contribution < -0.4 is 5.56 Å². The van der Waals surface area contributed by atoms with Crippen LogP contribution in [0.5, 0.6) is 0 Å². The minimum atomic E-state index is -0.671. The molecule has 3 aromatic rings. The summed E-state index contributed by atoms with van der Waals surface area (Å²) in [6, 6.07) is 9.83. The van der Waals surface area contributed by atoms with E-state index in [0.717, 1.165) is 0 Å². The van der Waals surface area contributed by atoms with Crippen molar-refractivity contribution in [3.05, 3.63) is 99.2 Å². The van der Waals surface area contributed by atoms with Crippen molar-refractivity contribution in [2.75, 3.05) is 0 Å². The molecule has 0 bridgehead atoms. The fourth-order valence-corrected chi connectivity index (χ4v) is 2.80. The van der Waals surface area contributed by atoms with Crippen LogP contribution in [0.1, 0.15) is 39.5 Å². The molecule has 2 heterocycles. The Balaban J connectivity index is 2.01. The maximum Gasteiger partial charge on any atom is 0.247 e. The Kier molecular flexibility index (Phi) is 5.02. The lowest BCUT2D eigenvalue weighted by Crippen LogP contribution is -2.14. The monoisotopic (exact) mass is 354 g/mol. The van der Waals surface area contributed by atoms with Gasteiger partial charge in [-0.3, -0.25) is 14.6 Å². The van der Waals surface area contributed by atoms with Gasteiger partial charge in [0.1, 0.15) is 11.6 Å². The first-order valence-electron chi connectivity index (χ1n) is 8.04. The first-order valence-corrected chi connectivity index (χ1v) is 8.04. The molecule has 0 saturated heterocycles. The summed E-state index contributed by atoms with van der Waals surface area (Å²) < 4.78 is 27.9.